The van der Waals surface area contributed by atoms with Gasteiger partial charge in [0, 0.05) is 31.4 Å². The summed E-state index contributed by atoms with van der Waals surface area (Å²) in [5.41, 5.74) is 1.89. The number of imidazole rings is 1. The molecule has 2 aromatic rings. The molecule has 0 bridgehead atoms. The molecule has 3 rings (SSSR count). The van der Waals surface area contributed by atoms with Crippen LogP contribution in [0.15, 0.2) is 12.1 Å². The third-order valence-corrected chi connectivity index (χ3v) is 4.56. The molecule has 0 spiro atoms. The van der Waals surface area contributed by atoms with Crippen molar-refractivity contribution >= 4 is 45.8 Å². The first-order chi connectivity index (χ1) is 9.69. The summed E-state index contributed by atoms with van der Waals surface area (Å²) >= 11 is 18.1. The molecule has 1 saturated heterocycles. The van der Waals surface area contributed by atoms with Crippen LogP contribution < -0.4 is 0 Å². The van der Waals surface area contributed by atoms with E-state index in [1.165, 1.54) is 0 Å². The Hall–Kier alpha value is -0.480. The Bertz CT molecular complexity index is 620. The van der Waals surface area contributed by atoms with Gasteiger partial charge in [-0.05, 0) is 18.6 Å². The number of hydrogen-bond acceptors (Lipinski definition) is 2. The van der Waals surface area contributed by atoms with Crippen LogP contribution in [-0.4, -0.2) is 28.6 Å². The van der Waals surface area contributed by atoms with Crippen LogP contribution in [0.25, 0.3) is 11.0 Å². The summed E-state index contributed by atoms with van der Waals surface area (Å²) in [5, 5.41) is 1.09. The molecule has 1 aromatic heterocycles. The first kappa shape index (κ1) is 14.5. The minimum Gasteiger partial charge on any atom is -0.381 e. The molecule has 0 radical (unpaired) electrons. The summed E-state index contributed by atoms with van der Waals surface area (Å²) in [6, 6.07) is 3.71. The predicted octanol–water partition coefficient (Wildman–Crippen LogP) is 4.16. The molecule has 0 aliphatic carbocycles. The van der Waals surface area contributed by atoms with Crippen molar-refractivity contribution in [3.63, 3.8) is 0 Å². The normalized spacial score (nSPS) is 19.1. The van der Waals surface area contributed by atoms with Crippen molar-refractivity contribution in [1.82, 2.24) is 9.55 Å². The lowest BCUT2D eigenvalue weighted by Gasteiger charge is -2.13. The lowest BCUT2D eigenvalue weighted by Crippen LogP contribution is -2.13. The van der Waals surface area contributed by atoms with Crippen LogP contribution in [0, 0.1) is 5.92 Å². The van der Waals surface area contributed by atoms with Gasteiger partial charge in [-0.1, -0.05) is 23.2 Å². The number of alkyl halides is 1. The number of hydrogen-bond donors (Lipinski definition) is 0. The first-order valence-corrected chi connectivity index (χ1v) is 7.96. The molecule has 0 amide bonds. The van der Waals surface area contributed by atoms with E-state index in [1.807, 2.05) is 12.1 Å². The van der Waals surface area contributed by atoms with E-state index in [0.717, 1.165) is 49.5 Å². The quantitative estimate of drug-likeness (QED) is 0.786. The van der Waals surface area contributed by atoms with Crippen LogP contribution >= 0.6 is 34.8 Å². The van der Waals surface area contributed by atoms with Gasteiger partial charge >= 0.3 is 0 Å². The van der Waals surface area contributed by atoms with Crippen LogP contribution in [-0.2, 0) is 17.7 Å². The van der Waals surface area contributed by atoms with Crippen LogP contribution in [0.3, 0.4) is 0 Å². The van der Waals surface area contributed by atoms with E-state index >= 15 is 0 Å². The Morgan fingerprint density at radius 2 is 2.10 bits per heavy atom. The standard InChI is InChI=1S/C14H15Cl3N2O/c15-3-1-14-18-12-5-10(16)11(17)6-13(12)19(14)7-9-2-4-20-8-9/h5-6,9H,1-4,7-8H2. The Balaban J connectivity index is 2.04. The SMILES string of the molecule is ClCCc1nc2cc(Cl)c(Cl)cc2n1CC1CCOC1. The summed E-state index contributed by atoms with van der Waals surface area (Å²) in [4.78, 5) is 4.64. The molecule has 6 heteroatoms. The van der Waals surface area contributed by atoms with E-state index in [-0.39, 0.29) is 0 Å². The first-order valence-electron chi connectivity index (χ1n) is 6.67. The lowest BCUT2D eigenvalue weighted by molar-refractivity contribution is 0.182. The number of aromatic nitrogens is 2. The van der Waals surface area contributed by atoms with Crippen molar-refractivity contribution in [3.05, 3.63) is 28.0 Å². The van der Waals surface area contributed by atoms with Crippen molar-refractivity contribution in [1.29, 1.82) is 0 Å². The Labute approximate surface area is 132 Å². The fraction of sp³-hybridized carbons (Fsp3) is 0.500. The number of aryl methyl sites for hydroxylation is 1. The van der Waals surface area contributed by atoms with Crippen molar-refractivity contribution < 1.29 is 4.74 Å². The minimum absolute atomic E-state index is 0.524. The van der Waals surface area contributed by atoms with Crippen molar-refractivity contribution in [2.45, 2.75) is 19.4 Å². The molecule has 3 nitrogen and oxygen atoms in total. The number of nitrogens with zero attached hydrogens (tertiary/aromatic N) is 2. The van der Waals surface area contributed by atoms with Gasteiger partial charge < -0.3 is 9.30 Å². The van der Waals surface area contributed by atoms with Crippen LogP contribution in [0.5, 0.6) is 0 Å². The summed E-state index contributed by atoms with van der Waals surface area (Å²) in [7, 11) is 0. The van der Waals surface area contributed by atoms with Crippen molar-refractivity contribution in [3.8, 4) is 0 Å². The van der Waals surface area contributed by atoms with Crippen LogP contribution in [0.4, 0.5) is 0 Å². The summed E-state index contributed by atoms with van der Waals surface area (Å²) < 4.78 is 7.66. The van der Waals surface area contributed by atoms with E-state index < -0.39 is 0 Å². The number of fused-ring (bicyclic) bond motifs is 1. The predicted molar refractivity (Wildman–Crippen MR) is 83.1 cm³/mol. The van der Waals surface area contributed by atoms with Gasteiger partial charge in [0.05, 0.1) is 27.7 Å². The second-order valence-corrected chi connectivity index (χ2v) is 6.25. The summed E-state index contributed by atoms with van der Waals surface area (Å²) in [5.74, 6) is 2.06. The van der Waals surface area contributed by atoms with Gasteiger partial charge in [0.25, 0.3) is 0 Å². The Morgan fingerprint density at radius 1 is 1.30 bits per heavy atom. The highest BCUT2D eigenvalue weighted by Crippen LogP contribution is 2.29. The summed E-state index contributed by atoms with van der Waals surface area (Å²) in [6.45, 7) is 2.54. The minimum atomic E-state index is 0.524. The molecule has 1 aromatic carbocycles. The highest BCUT2D eigenvalue weighted by Gasteiger charge is 2.20. The molecule has 0 N–H and O–H groups in total. The smallest absolute Gasteiger partial charge is 0.111 e. The molecule has 1 fully saturated rings. The summed E-state index contributed by atoms with van der Waals surface area (Å²) in [6.07, 6.45) is 1.82. The number of ether oxygens (including phenoxy) is 1. The maximum Gasteiger partial charge on any atom is 0.111 e. The molecule has 1 aliphatic rings. The maximum atomic E-state index is 6.14. The highest BCUT2D eigenvalue weighted by molar-refractivity contribution is 6.42. The molecule has 108 valence electrons. The number of rotatable bonds is 4. The number of halogens is 3. The van der Waals surface area contributed by atoms with Gasteiger partial charge in [0.15, 0.2) is 0 Å². The third-order valence-electron chi connectivity index (χ3n) is 3.65. The van der Waals surface area contributed by atoms with Gasteiger partial charge in [-0.3, -0.25) is 0 Å². The monoisotopic (exact) mass is 332 g/mol. The van der Waals surface area contributed by atoms with E-state index in [2.05, 4.69) is 9.55 Å². The average molecular weight is 334 g/mol. The topological polar surface area (TPSA) is 27.1 Å². The molecule has 2 heterocycles. The van der Waals surface area contributed by atoms with E-state index in [4.69, 9.17) is 39.5 Å². The molecule has 1 aliphatic heterocycles. The molecule has 0 saturated carbocycles. The fourth-order valence-electron chi connectivity index (χ4n) is 2.63. The zero-order valence-electron chi connectivity index (χ0n) is 10.9. The zero-order chi connectivity index (χ0) is 14.1. The Morgan fingerprint density at radius 3 is 2.80 bits per heavy atom. The van der Waals surface area contributed by atoms with Crippen LogP contribution in [0.2, 0.25) is 10.0 Å². The largest absolute Gasteiger partial charge is 0.381 e. The lowest BCUT2D eigenvalue weighted by atomic mass is 10.1. The van der Waals surface area contributed by atoms with E-state index in [9.17, 15) is 0 Å². The highest BCUT2D eigenvalue weighted by atomic mass is 35.5. The maximum absolute atomic E-state index is 6.14. The van der Waals surface area contributed by atoms with E-state index in [0.29, 0.717) is 21.8 Å². The Kier molecular flexibility index (Phi) is 4.41. The molecular formula is C14H15Cl3N2O. The molecular weight excluding hydrogens is 319 g/mol. The second-order valence-electron chi connectivity index (χ2n) is 5.06. The average Bonchev–Trinajstić information content (AvgIpc) is 3.02. The van der Waals surface area contributed by atoms with Gasteiger partial charge in [-0.15, -0.1) is 11.6 Å². The molecule has 1 atom stereocenters. The third kappa shape index (κ3) is 2.77. The van der Waals surface area contributed by atoms with Gasteiger partial charge in [-0.25, -0.2) is 4.98 Å². The van der Waals surface area contributed by atoms with Gasteiger partial charge in [0.2, 0.25) is 0 Å². The van der Waals surface area contributed by atoms with Crippen LogP contribution in [0.1, 0.15) is 12.2 Å². The molecule has 1 unspecified atom stereocenters. The van der Waals surface area contributed by atoms with Gasteiger partial charge in [0.1, 0.15) is 5.82 Å². The number of benzene rings is 1. The van der Waals surface area contributed by atoms with E-state index in [1.54, 1.807) is 0 Å². The van der Waals surface area contributed by atoms with Crippen molar-refractivity contribution in [2.75, 3.05) is 19.1 Å². The molecule has 20 heavy (non-hydrogen) atoms. The fourth-order valence-corrected chi connectivity index (χ4v) is 3.12. The van der Waals surface area contributed by atoms with Crippen molar-refractivity contribution in [2.24, 2.45) is 5.92 Å². The zero-order valence-corrected chi connectivity index (χ0v) is 13.2. The second kappa shape index (κ2) is 6.10. The van der Waals surface area contributed by atoms with Gasteiger partial charge in [-0.2, -0.15) is 0 Å².